The van der Waals surface area contributed by atoms with E-state index in [0.29, 0.717) is 16.3 Å². The third kappa shape index (κ3) is 2.17. The van der Waals surface area contributed by atoms with Crippen LogP contribution in [0.4, 0.5) is 0 Å². The van der Waals surface area contributed by atoms with Gasteiger partial charge in [-0.15, -0.1) is 0 Å². The number of benzene rings is 3. The van der Waals surface area contributed by atoms with Gasteiger partial charge in [-0.05, 0) is 30.3 Å². The third-order valence-corrected chi connectivity index (χ3v) is 3.37. The van der Waals surface area contributed by atoms with E-state index in [0.717, 1.165) is 0 Å². The molecule has 0 atom stereocenters. The minimum absolute atomic E-state index is 0.0249. The molecule has 0 bridgehead atoms. The van der Waals surface area contributed by atoms with Crippen molar-refractivity contribution in [3.8, 4) is 17.2 Å². The van der Waals surface area contributed by atoms with Crippen molar-refractivity contribution in [2.24, 2.45) is 0 Å². The molecule has 3 aromatic carbocycles. The summed E-state index contributed by atoms with van der Waals surface area (Å²) in [5.41, 5.74) is 0.342. The summed E-state index contributed by atoms with van der Waals surface area (Å²) in [5, 5.41) is 30.4. The van der Waals surface area contributed by atoms with E-state index < -0.39 is 5.78 Å². The van der Waals surface area contributed by atoms with Gasteiger partial charge in [-0.1, -0.05) is 24.3 Å². The molecule has 0 radical (unpaired) electrons. The van der Waals surface area contributed by atoms with Crippen LogP contribution in [0.2, 0.25) is 0 Å². The second-order valence-electron chi connectivity index (χ2n) is 4.71. The molecule has 3 N–H and O–H groups in total. The van der Waals surface area contributed by atoms with Crippen LogP contribution in [0.15, 0.2) is 54.6 Å². The topological polar surface area (TPSA) is 77.8 Å². The van der Waals surface area contributed by atoms with E-state index in [1.54, 1.807) is 24.3 Å². The van der Waals surface area contributed by atoms with Gasteiger partial charge < -0.3 is 15.3 Å². The van der Waals surface area contributed by atoms with Crippen LogP contribution in [0.3, 0.4) is 0 Å². The van der Waals surface area contributed by atoms with Crippen LogP contribution < -0.4 is 0 Å². The van der Waals surface area contributed by atoms with E-state index in [2.05, 4.69) is 0 Å². The smallest absolute Gasteiger partial charge is 0.196 e. The van der Waals surface area contributed by atoms with Crippen molar-refractivity contribution >= 4 is 16.6 Å². The Morgan fingerprint density at radius 1 is 0.810 bits per heavy atom. The van der Waals surface area contributed by atoms with Crippen molar-refractivity contribution in [2.75, 3.05) is 0 Å². The Bertz CT molecular complexity index is 835. The monoisotopic (exact) mass is 280 g/mol. The molecule has 3 aromatic rings. The summed E-state index contributed by atoms with van der Waals surface area (Å²) in [6.07, 6.45) is 0. The van der Waals surface area contributed by atoms with Crippen LogP contribution in [0, 0.1) is 0 Å². The number of fused-ring (bicyclic) bond motifs is 1. The Hall–Kier alpha value is -3.01. The molecule has 0 saturated carbocycles. The maximum atomic E-state index is 12.4. The summed E-state index contributed by atoms with van der Waals surface area (Å²) in [7, 11) is 0. The molecule has 0 aromatic heterocycles. The summed E-state index contributed by atoms with van der Waals surface area (Å²) in [5.74, 6) is -0.599. The van der Waals surface area contributed by atoms with Gasteiger partial charge >= 0.3 is 0 Å². The summed E-state index contributed by atoms with van der Waals surface area (Å²) >= 11 is 0. The standard InChI is InChI=1S/C17H12O4/c18-11-7-5-10(6-8-11)16(20)14-9-15(19)12-3-1-2-4-13(12)17(14)21/h1-9,18-19,21H. The number of rotatable bonds is 2. The van der Waals surface area contributed by atoms with E-state index in [1.165, 1.54) is 30.3 Å². The van der Waals surface area contributed by atoms with Gasteiger partial charge in [0.25, 0.3) is 0 Å². The Labute approximate surface area is 120 Å². The van der Waals surface area contributed by atoms with Gasteiger partial charge in [0.15, 0.2) is 5.78 Å². The molecule has 0 heterocycles. The molecule has 0 aliphatic carbocycles. The fraction of sp³-hybridized carbons (Fsp3) is 0. The molecule has 0 spiro atoms. The second-order valence-corrected chi connectivity index (χ2v) is 4.71. The van der Waals surface area contributed by atoms with Crippen LogP contribution in [0.5, 0.6) is 17.2 Å². The largest absolute Gasteiger partial charge is 0.508 e. The van der Waals surface area contributed by atoms with Crippen LogP contribution in [-0.2, 0) is 0 Å². The average molecular weight is 280 g/mol. The lowest BCUT2D eigenvalue weighted by molar-refractivity contribution is 0.103. The molecular weight excluding hydrogens is 268 g/mol. The Balaban J connectivity index is 2.18. The number of phenols is 3. The van der Waals surface area contributed by atoms with Crippen LogP contribution in [0.25, 0.3) is 10.8 Å². The lowest BCUT2D eigenvalue weighted by atomic mass is 9.98. The van der Waals surface area contributed by atoms with Crippen molar-refractivity contribution in [1.82, 2.24) is 0 Å². The van der Waals surface area contributed by atoms with Crippen molar-refractivity contribution in [1.29, 1.82) is 0 Å². The number of hydrogen-bond donors (Lipinski definition) is 3. The summed E-state index contributed by atoms with van der Waals surface area (Å²) in [4.78, 5) is 12.4. The van der Waals surface area contributed by atoms with E-state index in [4.69, 9.17) is 0 Å². The quantitative estimate of drug-likeness (QED) is 0.497. The molecule has 0 fully saturated rings. The van der Waals surface area contributed by atoms with Gasteiger partial charge in [-0.3, -0.25) is 4.79 Å². The minimum atomic E-state index is -0.423. The predicted molar refractivity (Wildman–Crippen MR) is 78.8 cm³/mol. The number of hydrogen-bond acceptors (Lipinski definition) is 4. The normalized spacial score (nSPS) is 10.7. The first-order chi connectivity index (χ1) is 10.1. The average Bonchev–Trinajstić information content (AvgIpc) is 2.51. The van der Waals surface area contributed by atoms with Gasteiger partial charge in [0.2, 0.25) is 0 Å². The maximum absolute atomic E-state index is 12.4. The first kappa shape index (κ1) is 13.0. The van der Waals surface area contributed by atoms with Crippen LogP contribution >= 0.6 is 0 Å². The first-order valence-electron chi connectivity index (χ1n) is 6.35. The van der Waals surface area contributed by atoms with Gasteiger partial charge in [0.1, 0.15) is 17.2 Å². The highest BCUT2D eigenvalue weighted by molar-refractivity contribution is 6.14. The Morgan fingerprint density at radius 2 is 1.43 bits per heavy atom. The van der Waals surface area contributed by atoms with Crippen molar-refractivity contribution < 1.29 is 20.1 Å². The molecule has 0 aliphatic rings. The molecule has 21 heavy (non-hydrogen) atoms. The molecule has 3 rings (SSSR count). The number of aromatic hydroxyl groups is 3. The number of phenolic OH excluding ortho intramolecular Hbond substituents is 3. The molecule has 0 unspecified atom stereocenters. The van der Waals surface area contributed by atoms with Crippen molar-refractivity contribution in [3.05, 3.63) is 65.7 Å². The number of carbonyl (C=O) groups is 1. The lowest BCUT2D eigenvalue weighted by Gasteiger charge is -2.09. The zero-order valence-electron chi connectivity index (χ0n) is 10.9. The van der Waals surface area contributed by atoms with E-state index in [-0.39, 0.29) is 22.8 Å². The highest BCUT2D eigenvalue weighted by atomic mass is 16.3. The SMILES string of the molecule is O=C(c1ccc(O)cc1)c1cc(O)c2ccccc2c1O. The molecule has 0 aliphatic heterocycles. The maximum Gasteiger partial charge on any atom is 0.196 e. The highest BCUT2D eigenvalue weighted by Crippen LogP contribution is 2.36. The summed E-state index contributed by atoms with van der Waals surface area (Å²) in [6, 6.07) is 13.7. The molecule has 4 nitrogen and oxygen atoms in total. The molecule has 0 amide bonds. The summed E-state index contributed by atoms with van der Waals surface area (Å²) in [6.45, 7) is 0. The minimum Gasteiger partial charge on any atom is -0.508 e. The van der Waals surface area contributed by atoms with Crippen LogP contribution in [0.1, 0.15) is 15.9 Å². The predicted octanol–water partition coefficient (Wildman–Crippen LogP) is 3.19. The molecule has 4 heteroatoms. The first-order valence-corrected chi connectivity index (χ1v) is 6.35. The zero-order chi connectivity index (χ0) is 15.0. The highest BCUT2D eigenvalue weighted by Gasteiger charge is 2.18. The van der Waals surface area contributed by atoms with Crippen molar-refractivity contribution in [3.63, 3.8) is 0 Å². The number of ketones is 1. The summed E-state index contributed by atoms with van der Waals surface area (Å²) < 4.78 is 0. The van der Waals surface area contributed by atoms with Gasteiger partial charge in [0.05, 0.1) is 5.56 Å². The number of carbonyl (C=O) groups excluding carboxylic acids is 1. The zero-order valence-corrected chi connectivity index (χ0v) is 10.9. The van der Waals surface area contributed by atoms with Gasteiger partial charge in [0, 0.05) is 16.3 Å². The Kier molecular flexibility index (Phi) is 2.99. The van der Waals surface area contributed by atoms with E-state index >= 15 is 0 Å². The molecule has 0 saturated heterocycles. The van der Waals surface area contributed by atoms with Gasteiger partial charge in [-0.25, -0.2) is 0 Å². The lowest BCUT2D eigenvalue weighted by Crippen LogP contribution is -2.01. The van der Waals surface area contributed by atoms with Crippen LogP contribution in [-0.4, -0.2) is 21.1 Å². The van der Waals surface area contributed by atoms with Crippen molar-refractivity contribution in [2.45, 2.75) is 0 Å². The second kappa shape index (κ2) is 4.83. The Morgan fingerprint density at radius 3 is 2.10 bits per heavy atom. The molecular formula is C17H12O4. The van der Waals surface area contributed by atoms with E-state index in [9.17, 15) is 20.1 Å². The fourth-order valence-electron chi connectivity index (χ4n) is 2.28. The third-order valence-electron chi connectivity index (χ3n) is 3.37. The molecule has 104 valence electrons. The van der Waals surface area contributed by atoms with E-state index in [1.807, 2.05) is 0 Å². The van der Waals surface area contributed by atoms with Gasteiger partial charge in [-0.2, -0.15) is 0 Å². The fourth-order valence-corrected chi connectivity index (χ4v) is 2.28.